The number of nitrogens with one attached hydrogen (secondary N) is 1. The maximum absolute atomic E-state index is 8.24. The third-order valence-corrected chi connectivity index (χ3v) is 1.24. The lowest BCUT2D eigenvalue weighted by Gasteiger charge is -1.99. The van der Waals surface area contributed by atoms with Gasteiger partial charge in [-0.15, -0.1) is 0 Å². The molecular weight excluding hydrogens is 146 g/mol. The zero-order chi connectivity index (χ0) is 4.99. The van der Waals surface area contributed by atoms with Gasteiger partial charge in [0.15, 0.2) is 0 Å². The summed E-state index contributed by atoms with van der Waals surface area (Å²) in [6, 6.07) is 0.157. The average Bonchev–Trinajstić information content (AvgIpc) is 1.65. The molecule has 0 radical (unpaired) electrons. The molecule has 0 bridgehead atoms. The van der Waals surface area contributed by atoms with Crippen LogP contribution in [0.3, 0.4) is 0 Å². The van der Waals surface area contributed by atoms with Gasteiger partial charge in [0.2, 0.25) is 0 Å². The van der Waals surface area contributed by atoms with Gasteiger partial charge < -0.3 is 5.11 Å². The first-order valence-electron chi connectivity index (χ1n) is 1.78. The zero-order valence-corrected chi connectivity index (χ0v) is 5.20. The quantitative estimate of drug-likeness (QED) is 0.559. The minimum Gasteiger partial charge on any atom is -0.395 e. The molecule has 1 atom stereocenters. The Hall–Kier alpha value is 0.400. The van der Waals surface area contributed by atoms with Gasteiger partial charge in [0, 0.05) is 22.2 Å². The zero-order valence-electron chi connectivity index (χ0n) is 3.61. The van der Waals surface area contributed by atoms with Crippen molar-refractivity contribution in [2.24, 2.45) is 0 Å². The van der Waals surface area contributed by atoms with Crippen molar-refractivity contribution in [3.63, 3.8) is 0 Å². The molecule has 0 aliphatic carbocycles. The molecule has 0 aromatic carbocycles. The second-order valence-electron chi connectivity index (χ2n) is 1.19. The Bertz CT molecular complexity index is 30.0. The Kier molecular flexibility index (Phi) is 3.82. The van der Waals surface area contributed by atoms with E-state index in [1.165, 1.54) is 0 Å². The van der Waals surface area contributed by atoms with Crippen LogP contribution in [-0.2, 0) is 0 Å². The van der Waals surface area contributed by atoms with Crippen LogP contribution in [0.4, 0.5) is 0 Å². The Labute approximate surface area is 45.9 Å². The van der Waals surface area contributed by atoms with Gasteiger partial charge in [0.05, 0.1) is 6.61 Å². The van der Waals surface area contributed by atoms with Crippen molar-refractivity contribution in [3.05, 3.63) is 0 Å². The molecule has 1 unspecified atom stereocenters. The number of hydrogen-bond donors (Lipinski definition) is 2. The molecule has 0 saturated heterocycles. The van der Waals surface area contributed by atoms with Crippen molar-refractivity contribution in [2.75, 3.05) is 6.61 Å². The molecule has 0 fully saturated rings. The van der Waals surface area contributed by atoms with E-state index in [-0.39, 0.29) is 12.6 Å². The molecule has 0 aliphatic heterocycles. The van der Waals surface area contributed by atoms with Crippen molar-refractivity contribution < 1.29 is 5.11 Å². The van der Waals surface area contributed by atoms with Gasteiger partial charge in [0.1, 0.15) is 0 Å². The monoisotopic (exact) mass is 153 g/mol. The van der Waals surface area contributed by atoms with E-state index in [9.17, 15) is 0 Å². The summed E-state index contributed by atoms with van der Waals surface area (Å²) >= 11 is 2.96. The highest BCUT2D eigenvalue weighted by Gasteiger charge is 1.89. The number of rotatable bonds is 2. The van der Waals surface area contributed by atoms with Gasteiger partial charge >= 0.3 is 0 Å². The molecule has 0 saturated carbocycles. The number of halogens is 1. The van der Waals surface area contributed by atoms with E-state index in [0.717, 1.165) is 0 Å². The number of aliphatic hydroxyl groups is 1. The van der Waals surface area contributed by atoms with Crippen molar-refractivity contribution in [2.45, 2.75) is 13.0 Å². The molecule has 2 nitrogen and oxygen atoms in total. The molecule has 0 amide bonds. The van der Waals surface area contributed by atoms with Gasteiger partial charge in [-0.05, 0) is 6.92 Å². The summed E-state index contributed by atoms with van der Waals surface area (Å²) < 4.78 is 2.68. The molecule has 0 aromatic heterocycles. The minimum atomic E-state index is 0.157. The first-order valence-corrected chi connectivity index (χ1v) is 2.57. The lowest BCUT2D eigenvalue weighted by molar-refractivity contribution is 0.268. The summed E-state index contributed by atoms with van der Waals surface area (Å²) in [6.07, 6.45) is 0. The van der Waals surface area contributed by atoms with Crippen molar-refractivity contribution in [1.82, 2.24) is 4.34 Å². The molecule has 0 aliphatic rings. The summed E-state index contributed by atoms with van der Waals surface area (Å²) in [4.78, 5) is 0. The summed E-state index contributed by atoms with van der Waals surface area (Å²) in [7, 11) is 0. The molecule has 0 heterocycles. The van der Waals surface area contributed by atoms with E-state index in [1.54, 1.807) is 0 Å². The van der Waals surface area contributed by atoms with E-state index in [0.29, 0.717) is 0 Å². The Balaban J connectivity index is 2.75. The second kappa shape index (κ2) is 3.59. The first kappa shape index (κ1) is 6.40. The summed E-state index contributed by atoms with van der Waals surface area (Å²) in [5.41, 5.74) is 0. The van der Waals surface area contributed by atoms with Crippen LogP contribution in [-0.4, -0.2) is 17.8 Å². The van der Waals surface area contributed by atoms with E-state index < -0.39 is 0 Å². The lowest BCUT2D eigenvalue weighted by Crippen LogP contribution is -2.19. The molecule has 38 valence electrons. The number of hydrogen-bond acceptors (Lipinski definition) is 2. The fraction of sp³-hybridized carbons (Fsp3) is 1.00. The van der Waals surface area contributed by atoms with E-state index in [4.69, 9.17) is 5.11 Å². The third kappa shape index (κ3) is 2.63. The highest BCUT2D eigenvalue weighted by molar-refractivity contribution is 9.08. The summed E-state index contributed by atoms with van der Waals surface area (Å²) in [5, 5.41) is 8.24. The molecule has 6 heavy (non-hydrogen) atoms. The molecule has 0 spiro atoms. The van der Waals surface area contributed by atoms with E-state index in [2.05, 4.69) is 20.5 Å². The Morgan fingerprint density at radius 2 is 2.50 bits per heavy atom. The van der Waals surface area contributed by atoms with Gasteiger partial charge in [-0.25, -0.2) is 0 Å². The fourth-order valence-electron chi connectivity index (χ4n) is 0.0345. The summed E-state index contributed by atoms with van der Waals surface area (Å²) in [5.74, 6) is 0. The first-order chi connectivity index (χ1) is 2.81. The van der Waals surface area contributed by atoms with Crippen LogP contribution in [0.5, 0.6) is 0 Å². The van der Waals surface area contributed by atoms with Crippen LogP contribution >= 0.6 is 16.1 Å². The smallest absolute Gasteiger partial charge is 0.0590 e. The third-order valence-electron chi connectivity index (χ3n) is 0.460. The minimum absolute atomic E-state index is 0.157. The molecule has 3 heteroatoms. The average molecular weight is 154 g/mol. The highest BCUT2D eigenvalue weighted by Crippen LogP contribution is 1.78. The predicted molar refractivity (Wildman–Crippen MR) is 28.6 cm³/mol. The molecular formula is C3H8BrNO. The second-order valence-corrected chi connectivity index (χ2v) is 1.65. The van der Waals surface area contributed by atoms with Crippen LogP contribution in [0.25, 0.3) is 0 Å². The van der Waals surface area contributed by atoms with Crippen LogP contribution in [0.1, 0.15) is 6.92 Å². The van der Waals surface area contributed by atoms with Crippen LogP contribution < -0.4 is 4.34 Å². The molecule has 2 N–H and O–H groups in total. The van der Waals surface area contributed by atoms with Gasteiger partial charge in [-0.1, -0.05) is 0 Å². The lowest BCUT2D eigenvalue weighted by atomic mass is 10.4. The Morgan fingerprint density at radius 3 is 2.50 bits per heavy atom. The van der Waals surface area contributed by atoms with E-state index >= 15 is 0 Å². The van der Waals surface area contributed by atoms with Crippen molar-refractivity contribution in [3.8, 4) is 0 Å². The van der Waals surface area contributed by atoms with Crippen LogP contribution in [0, 0.1) is 0 Å². The molecule has 0 rings (SSSR count). The number of aliphatic hydroxyl groups excluding tert-OH is 1. The van der Waals surface area contributed by atoms with E-state index in [1.807, 2.05) is 6.92 Å². The van der Waals surface area contributed by atoms with Gasteiger partial charge in [-0.3, -0.25) is 4.34 Å². The Morgan fingerprint density at radius 1 is 2.00 bits per heavy atom. The van der Waals surface area contributed by atoms with Crippen LogP contribution in [0.15, 0.2) is 0 Å². The fourth-order valence-corrected chi connectivity index (χ4v) is 0.179. The topological polar surface area (TPSA) is 32.3 Å². The standard InChI is InChI=1S/C3H8BrNO/c1-3(2-6)5-4/h3,5-6H,2H2,1H3. The largest absolute Gasteiger partial charge is 0.395 e. The maximum Gasteiger partial charge on any atom is 0.0590 e. The normalized spacial score (nSPS) is 14.5. The highest BCUT2D eigenvalue weighted by atomic mass is 79.9. The SMILES string of the molecule is CC(CO)NBr. The van der Waals surface area contributed by atoms with Crippen LogP contribution in [0.2, 0.25) is 0 Å². The van der Waals surface area contributed by atoms with Gasteiger partial charge in [-0.2, -0.15) is 0 Å². The van der Waals surface area contributed by atoms with Crippen molar-refractivity contribution in [1.29, 1.82) is 0 Å². The summed E-state index contributed by atoms with van der Waals surface area (Å²) in [6.45, 7) is 2.04. The maximum atomic E-state index is 8.24. The van der Waals surface area contributed by atoms with Crippen molar-refractivity contribution >= 4 is 16.1 Å². The predicted octanol–water partition coefficient (Wildman–Crippen LogP) is 0.267. The van der Waals surface area contributed by atoms with Gasteiger partial charge in [0.25, 0.3) is 0 Å². The molecule has 0 aromatic rings.